The topological polar surface area (TPSA) is 68.8 Å². The van der Waals surface area contributed by atoms with Crippen LogP contribution in [-0.4, -0.2) is 14.8 Å². The fraction of sp³-hybridized carbons (Fsp3) is 0.333. The van der Waals surface area contributed by atoms with Crippen LogP contribution in [0.1, 0.15) is 23.7 Å². The minimum atomic E-state index is 0.00963. The van der Waals surface area contributed by atoms with Gasteiger partial charge in [0.15, 0.2) is 0 Å². The second-order valence-corrected chi connectivity index (χ2v) is 4.51. The number of nitrogens with two attached hydrogens (primary N) is 1. The molecule has 1 atom stereocenters. The van der Waals surface area contributed by atoms with Crippen molar-refractivity contribution in [1.29, 1.82) is 0 Å². The largest absolute Gasteiger partial charge is 0.273 e. The van der Waals surface area contributed by atoms with Gasteiger partial charge in [0, 0.05) is 37.4 Å². The van der Waals surface area contributed by atoms with Gasteiger partial charge in [-0.15, -0.1) is 0 Å². The highest BCUT2D eigenvalue weighted by molar-refractivity contribution is 6.31. The molecule has 0 aliphatic heterocycles. The lowest BCUT2D eigenvalue weighted by Crippen LogP contribution is -2.28. The first-order valence-corrected chi connectivity index (χ1v) is 6.12. The molecule has 2 aromatic rings. The zero-order valence-corrected chi connectivity index (χ0v) is 10.9. The Bertz CT molecular complexity index is 511. The average molecular weight is 266 g/mol. The molecule has 18 heavy (non-hydrogen) atoms. The molecule has 3 N–H and O–H groups in total. The second kappa shape index (κ2) is 5.95. The molecule has 2 aromatic heterocycles. The lowest BCUT2D eigenvalue weighted by molar-refractivity contribution is 0.506. The molecule has 0 fully saturated rings. The van der Waals surface area contributed by atoms with Gasteiger partial charge in [-0.3, -0.25) is 20.9 Å². The molecular formula is C12H16ClN5. The average Bonchev–Trinajstić information content (AvgIpc) is 2.78. The van der Waals surface area contributed by atoms with Crippen molar-refractivity contribution in [2.24, 2.45) is 12.9 Å². The maximum absolute atomic E-state index is 6.11. The van der Waals surface area contributed by atoms with Gasteiger partial charge in [0.2, 0.25) is 0 Å². The quantitative estimate of drug-likeness (QED) is 0.637. The Labute approximate surface area is 111 Å². The summed E-state index contributed by atoms with van der Waals surface area (Å²) in [5.74, 6) is 5.60. The van der Waals surface area contributed by atoms with E-state index in [1.807, 2.05) is 23.9 Å². The predicted octanol–water partition coefficient (Wildman–Crippen LogP) is 1.61. The number of hydrogen-bond donors (Lipinski definition) is 2. The van der Waals surface area contributed by atoms with Crippen molar-refractivity contribution < 1.29 is 0 Å². The van der Waals surface area contributed by atoms with Gasteiger partial charge in [-0.25, -0.2) is 0 Å². The Kier molecular flexibility index (Phi) is 4.30. The van der Waals surface area contributed by atoms with Gasteiger partial charge in [-0.2, -0.15) is 5.10 Å². The van der Waals surface area contributed by atoms with Crippen LogP contribution in [0.3, 0.4) is 0 Å². The number of hydrogen-bond acceptors (Lipinski definition) is 4. The minimum Gasteiger partial charge on any atom is -0.273 e. The summed E-state index contributed by atoms with van der Waals surface area (Å²) in [4.78, 5) is 3.97. The van der Waals surface area contributed by atoms with Crippen molar-refractivity contribution in [3.63, 3.8) is 0 Å². The van der Waals surface area contributed by atoms with Gasteiger partial charge in [-0.05, 0) is 30.5 Å². The van der Waals surface area contributed by atoms with E-state index in [2.05, 4.69) is 15.5 Å². The Morgan fingerprint density at radius 1 is 1.44 bits per heavy atom. The maximum Gasteiger partial charge on any atom is 0.0637 e. The number of hydrazine groups is 1. The molecule has 0 bridgehead atoms. The van der Waals surface area contributed by atoms with E-state index >= 15 is 0 Å². The summed E-state index contributed by atoms with van der Waals surface area (Å²) in [6.07, 6.45) is 6.87. The number of aromatic nitrogens is 3. The van der Waals surface area contributed by atoms with Crippen molar-refractivity contribution in [3.8, 4) is 0 Å². The van der Waals surface area contributed by atoms with Gasteiger partial charge in [0.05, 0.1) is 5.02 Å². The van der Waals surface area contributed by atoms with Crippen molar-refractivity contribution in [3.05, 3.63) is 47.0 Å². The van der Waals surface area contributed by atoms with Gasteiger partial charge >= 0.3 is 0 Å². The highest BCUT2D eigenvalue weighted by Crippen LogP contribution is 2.24. The van der Waals surface area contributed by atoms with E-state index in [1.54, 1.807) is 18.6 Å². The third-order valence-corrected chi connectivity index (χ3v) is 3.31. The Balaban J connectivity index is 2.07. The van der Waals surface area contributed by atoms with Gasteiger partial charge in [-0.1, -0.05) is 11.6 Å². The maximum atomic E-state index is 6.11. The smallest absolute Gasteiger partial charge is 0.0637 e. The molecule has 6 heteroatoms. The number of nitrogens with one attached hydrogen (secondary N) is 1. The van der Waals surface area contributed by atoms with Crippen molar-refractivity contribution in [2.45, 2.75) is 18.9 Å². The molecule has 2 heterocycles. The molecule has 0 aliphatic carbocycles. The third kappa shape index (κ3) is 2.87. The molecule has 2 rings (SSSR count). The molecule has 0 saturated heterocycles. The summed E-state index contributed by atoms with van der Waals surface area (Å²) in [6, 6.07) is 3.90. The Morgan fingerprint density at radius 2 is 2.28 bits per heavy atom. The van der Waals surface area contributed by atoms with E-state index in [-0.39, 0.29) is 6.04 Å². The van der Waals surface area contributed by atoms with Crippen molar-refractivity contribution in [1.82, 2.24) is 20.2 Å². The molecule has 0 aliphatic rings. The lowest BCUT2D eigenvalue weighted by Gasteiger charge is -2.17. The fourth-order valence-electron chi connectivity index (χ4n) is 1.94. The second-order valence-electron chi connectivity index (χ2n) is 4.10. The number of aryl methyl sites for hydroxylation is 2. The summed E-state index contributed by atoms with van der Waals surface area (Å²) in [5, 5.41) is 4.77. The Hall–Kier alpha value is -1.43. The van der Waals surface area contributed by atoms with E-state index < -0.39 is 0 Å². The van der Waals surface area contributed by atoms with Crippen LogP contribution in [0.5, 0.6) is 0 Å². The van der Waals surface area contributed by atoms with E-state index in [0.29, 0.717) is 5.02 Å². The summed E-state index contributed by atoms with van der Waals surface area (Å²) in [7, 11) is 1.93. The molecule has 5 nitrogen and oxygen atoms in total. The fourth-order valence-corrected chi connectivity index (χ4v) is 2.19. The molecule has 1 unspecified atom stereocenters. The standard InChI is InChI=1S/C12H16ClN5/c1-18-9(4-7-16-18)2-3-12(17-14)10-5-6-15-8-11(10)13/h4-8,12,17H,2-3,14H2,1H3. The summed E-state index contributed by atoms with van der Waals surface area (Å²) < 4.78 is 1.86. The molecule has 0 radical (unpaired) electrons. The molecule has 0 saturated carbocycles. The van der Waals surface area contributed by atoms with Crippen LogP contribution in [0.15, 0.2) is 30.7 Å². The first kappa shape index (κ1) is 13.0. The van der Waals surface area contributed by atoms with Crippen LogP contribution in [0, 0.1) is 0 Å². The minimum absolute atomic E-state index is 0.00963. The van der Waals surface area contributed by atoms with Crippen molar-refractivity contribution in [2.75, 3.05) is 0 Å². The molecule has 96 valence electrons. The Morgan fingerprint density at radius 3 is 2.89 bits per heavy atom. The predicted molar refractivity (Wildman–Crippen MR) is 70.8 cm³/mol. The van der Waals surface area contributed by atoms with Crippen LogP contribution < -0.4 is 11.3 Å². The normalized spacial score (nSPS) is 12.6. The number of pyridine rings is 1. The van der Waals surface area contributed by atoms with E-state index in [9.17, 15) is 0 Å². The van der Waals surface area contributed by atoms with Crippen LogP contribution >= 0.6 is 11.6 Å². The number of nitrogens with zero attached hydrogens (tertiary/aromatic N) is 3. The van der Waals surface area contributed by atoms with Crippen LogP contribution in [-0.2, 0) is 13.5 Å². The van der Waals surface area contributed by atoms with E-state index in [1.165, 1.54) is 5.69 Å². The highest BCUT2D eigenvalue weighted by Gasteiger charge is 2.13. The lowest BCUT2D eigenvalue weighted by atomic mass is 10.0. The monoisotopic (exact) mass is 265 g/mol. The van der Waals surface area contributed by atoms with E-state index in [4.69, 9.17) is 17.4 Å². The van der Waals surface area contributed by atoms with Crippen molar-refractivity contribution >= 4 is 11.6 Å². The first-order valence-electron chi connectivity index (χ1n) is 5.74. The summed E-state index contributed by atoms with van der Waals surface area (Å²) in [6.45, 7) is 0. The van der Waals surface area contributed by atoms with Gasteiger partial charge in [0.1, 0.15) is 0 Å². The van der Waals surface area contributed by atoms with E-state index in [0.717, 1.165) is 18.4 Å². The summed E-state index contributed by atoms with van der Waals surface area (Å²) in [5.41, 5.74) is 4.94. The zero-order chi connectivity index (χ0) is 13.0. The van der Waals surface area contributed by atoms with Gasteiger partial charge in [0.25, 0.3) is 0 Å². The number of rotatable bonds is 5. The highest BCUT2D eigenvalue weighted by atomic mass is 35.5. The first-order chi connectivity index (χ1) is 8.72. The SMILES string of the molecule is Cn1nccc1CCC(NN)c1ccncc1Cl. The van der Waals surface area contributed by atoms with Crippen LogP contribution in [0.25, 0.3) is 0 Å². The molecule has 0 spiro atoms. The molecule has 0 aromatic carbocycles. The van der Waals surface area contributed by atoms with Crippen LogP contribution in [0.2, 0.25) is 5.02 Å². The molecule has 0 amide bonds. The van der Waals surface area contributed by atoms with Crippen LogP contribution in [0.4, 0.5) is 0 Å². The summed E-state index contributed by atoms with van der Waals surface area (Å²) >= 11 is 6.11. The number of halogens is 1. The molecular weight excluding hydrogens is 250 g/mol. The third-order valence-electron chi connectivity index (χ3n) is 2.99. The zero-order valence-electron chi connectivity index (χ0n) is 10.2. The van der Waals surface area contributed by atoms with Gasteiger partial charge < -0.3 is 0 Å².